The van der Waals surface area contributed by atoms with E-state index in [1.165, 1.54) is 17.4 Å². The van der Waals surface area contributed by atoms with Crippen LogP contribution in [0.5, 0.6) is 0 Å². The molecule has 2 saturated heterocycles. The summed E-state index contributed by atoms with van der Waals surface area (Å²) in [6.07, 6.45) is -0.692. The Hall–Kier alpha value is -1.35. The number of halogens is 4. The summed E-state index contributed by atoms with van der Waals surface area (Å²) in [4.78, 5) is 14.9. The normalized spacial score (nSPS) is 26.1. The van der Waals surface area contributed by atoms with E-state index in [0.717, 1.165) is 69.2 Å². The molecule has 0 aliphatic carbocycles. The van der Waals surface area contributed by atoms with Crippen molar-refractivity contribution < 1.29 is 32.5 Å². The molecule has 2 fully saturated rings. The van der Waals surface area contributed by atoms with Crippen molar-refractivity contribution in [1.82, 2.24) is 0 Å². The number of anilines is 1. The Kier molecular flexibility index (Phi) is 7.20. The monoisotopic (exact) mass is 421 g/mol. The highest BCUT2D eigenvalue weighted by atomic mass is 35.5. The van der Waals surface area contributed by atoms with Gasteiger partial charge in [-0.3, -0.25) is 4.79 Å². The molecule has 1 atom stereocenters. The minimum absolute atomic E-state index is 0.111. The lowest BCUT2D eigenvalue weighted by Crippen LogP contribution is -3.28. The smallest absolute Gasteiger partial charge is 0.372 e. The van der Waals surface area contributed by atoms with Gasteiger partial charge in [0, 0.05) is 12.3 Å². The summed E-state index contributed by atoms with van der Waals surface area (Å²) in [5, 5.41) is 2.18. The number of carbonyl (C=O) groups excluding carboxylic acids is 1. The van der Waals surface area contributed by atoms with Crippen LogP contribution in [0.3, 0.4) is 0 Å². The second-order valence-corrected chi connectivity index (χ2v) is 8.02. The van der Waals surface area contributed by atoms with Crippen molar-refractivity contribution in [2.45, 2.75) is 31.5 Å². The van der Waals surface area contributed by atoms with Crippen molar-refractivity contribution in [3.8, 4) is 0 Å². The lowest BCUT2D eigenvalue weighted by molar-refractivity contribution is -1.01. The lowest BCUT2D eigenvalue weighted by Gasteiger charge is -2.32. The predicted octanol–water partition coefficient (Wildman–Crippen LogP) is 0.650. The number of rotatable bonds is 5. The fourth-order valence-corrected chi connectivity index (χ4v) is 4.11. The van der Waals surface area contributed by atoms with Gasteiger partial charge in [0.05, 0.1) is 10.6 Å². The molecule has 0 saturated carbocycles. The Morgan fingerprint density at radius 2 is 1.89 bits per heavy atom. The number of quaternary nitrogens is 2. The predicted molar refractivity (Wildman–Crippen MR) is 99.8 cm³/mol. The fourth-order valence-electron chi connectivity index (χ4n) is 3.88. The molecule has 3 rings (SSSR count). The van der Waals surface area contributed by atoms with Gasteiger partial charge in [0.25, 0.3) is 5.91 Å². The van der Waals surface area contributed by atoms with Crippen molar-refractivity contribution in [3.05, 3.63) is 28.8 Å². The minimum atomic E-state index is -4.55. The van der Waals surface area contributed by atoms with Crippen LogP contribution >= 0.6 is 11.6 Å². The molecule has 1 aromatic rings. The SMILES string of the molecule is O=C(C[NH+]1CC[NH+](C[C@H]2CCCCO2)CC1)Nc1ccc(Cl)c(C(F)(F)F)c1. The van der Waals surface area contributed by atoms with Crippen molar-refractivity contribution in [3.63, 3.8) is 0 Å². The first kappa shape index (κ1) is 21.4. The quantitative estimate of drug-likeness (QED) is 0.654. The number of hydrogen-bond donors (Lipinski definition) is 3. The molecule has 0 aromatic heterocycles. The van der Waals surface area contributed by atoms with Crippen LogP contribution in [-0.4, -0.2) is 57.9 Å². The molecule has 28 heavy (non-hydrogen) atoms. The Bertz CT molecular complexity index is 673. The minimum Gasteiger partial charge on any atom is -0.372 e. The van der Waals surface area contributed by atoms with Crippen LogP contribution in [0.1, 0.15) is 24.8 Å². The fraction of sp³-hybridized carbons (Fsp3) is 0.632. The topological polar surface area (TPSA) is 47.2 Å². The number of ether oxygens (including phenoxy) is 1. The molecular weight excluding hydrogens is 395 g/mol. The van der Waals surface area contributed by atoms with Crippen molar-refractivity contribution in [2.75, 3.05) is 51.2 Å². The van der Waals surface area contributed by atoms with Gasteiger partial charge >= 0.3 is 6.18 Å². The average molecular weight is 422 g/mol. The highest BCUT2D eigenvalue weighted by Crippen LogP contribution is 2.36. The van der Waals surface area contributed by atoms with Gasteiger partial charge in [0.2, 0.25) is 0 Å². The van der Waals surface area contributed by atoms with Crippen LogP contribution in [-0.2, 0) is 15.7 Å². The van der Waals surface area contributed by atoms with Crippen molar-refractivity contribution in [1.29, 1.82) is 0 Å². The van der Waals surface area contributed by atoms with E-state index in [1.54, 1.807) is 0 Å². The zero-order valence-electron chi connectivity index (χ0n) is 15.7. The summed E-state index contributed by atoms with van der Waals surface area (Å²) in [6.45, 7) is 5.80. The van der Waals surface area contributed by atoms with Gasteiger partial charge in [-0.2, -0.15) is 13.2 Å². The van der Waals surface area contributed by atoms with E-state index in [4.69, 9.17) is 16.3 Å². The molecule has 5 nitrogen and oxygen atoms in total. The third-order valence-electron chi connectivity index (χ3n) is 5.42. The second-order valence-electron chi connectivity index (χ2n) is 7.61. The molecule has 156 valence electrons. The van der Waals surface area contributed by atoms with E-state index in [1.807, 2.05) is 0 Å². The van der Waals surface area contributed by atoms with E-state index in [2.05, 4.69) is 5.32 Å². The molecule has 0 bridgehead atoms. The van der Waals surface area contributed by atoms with Crippen molar-refractivity contribution >= 4 is 23.2 Å². The van der Waals surface area contributed by atoms with Crippen LogP contribution in [0.25, 0.3) is 0 Å². The Labute approximate surface area is 167 Å². The summed E-state index contributed by atoms with van der Waals surface area (Å²) < 4.78 is 44.6. The molecule has 1 aromatic carbocycles. The maximum absolute atomic E-state index is 12.9. The number of alkyl halides is 3. The van der Waals surface area contributed by atoms with E-state index in [9.17, 15) is 18.0 Å². The third kappa shape index (κ3) is 6.07. The molecule has 2 aliphatic rings. The Morgan fingerprint density at radius 1 is 1.18 bits per heavy atom. The largest absolute Gasteiger partial charge is 0.417 e. The van der Waals surface area contributed by atoms with Crippen LogP contribution < -0.4 is 15.1 Å². The molecule has 2 heterocycles. The number of amides is 1. The molecule has 0 radical (unpaired) electrons. The number of carbonyl (C=O) groups is 1. The van der Waals surface area contributed by atoms with Gasteiger partial charge in [0.1, 0.15) is 38.8 Å². The van der Waals surface area contributed by atoms with E-state index in [-0.39, 0.29) is 23.2 Å². The van der Waals surface area contributed by atoms with Gasteiger partial charge in [-0.15, -0.1) is 0 Å². The van der Waals surface area contributed by atoms with Crippen LogP contribution in [0.2, 0.25) is 5.02 Å². The first-order chi connectivity index (χ1) is 13.3. The highest BCUT2D eigenvalue weighted by molar-refractivity contribution is 6.31. The zero-order valence-corrected chi connectivity index (χ0v) is 16.5. The molecule has 3 N–H and O–H groups in total. The van der Waals surface area contributed by atoms with E-state index >= 15 is 0 Å². The summed E-state index contributed by atoms with van der Waals surface area (Å²) in [6, 6.07) is 3.42. The van der Waals surface area contributed by atoms with Gasteiger partial charge < -0.3 is 19.9 Å². The van der Waals surface area contributed by atoms with Gasteiger partial charge in [-0.1, -0.05) is 11.6 Å². The summed E-state index contributed by atoms with van der Waals surface area (Å²) in [5.74, 6) is -0.287. The average Bonchev–Trinajstić information content (AvgIpc) is 2.65. The number of piperazine rings is 1. The molecule has 0 unspecified atom stereocenters. The van der Waals surface area contributed by atoms with E-state index in [0.29, 0.717) is 6.10 Å². The third-order valence-corrected chi connectivity index (χ3v) is 5.75. The van der Waals surface area contributed by atoms with Crippen molar-refractivity contribution in [2.24, 2.45) is 0 Å². The summed E-state index contributed by atoms with van der Waals surface area (Å²) in [5.41, 5.74) is -0.832. The number of benzene rings is 1. The Balaban J connectivity index is 1.44. The first-order valence-corrected chi connectivity index (χ1v) is 10.1. The van der Waals surface area contributed by atoms with Gasteiger partial charge in [-0.25, -0.2) is 0 Å². The first-order valence-electron chi connectivity index (χ1n) is 9.76. The summed E-state index contributed by atoms with van der Waals surface area (Å²) >= 11 is 5.61. The molecule has 9 heteroatoms. The van der Waals surface area contributed by atoms with Crippen LogP contribution in [0.4, 0.5) is 18.9 Å². The van der Waals surface area contributed by atoms with Crippen LogP contribution in [0, 0.1) is 0 Å². The second kappa shape index (κ2) is 9.43. The van der Waals surface area contributed by atoms with Crippen LogP contribution in [0.15, 0.2) is 18.2 Å². The maximum Gasteiger partial charge on any atom is 0.417 e. The molecule has 2 aliphatic heterocycles. The zero-order chi connectivity index (χ0) is 20.1. The molecule has 1 amide bonds. The lowest BCUT2D eigenvalue weighted by atomic mass is 10.1. The van der Waals surface area contributed by atoms with E-state index < -0.39 is 11.7 Å². The van der Waals surface area contributed by atoms with Gasteiger partial charge in [-0.05, 0) is 37.5 Å². The summed E-state index contributed by atoms with van der Waals surface area (Å²) in [7, 11) is 0. The van der Waals surface area contributed by atoms with Gasteiger partial charge in [0.15, 0.2) is 6.54 Å². The standard InChI is InChI=1S/C19H25ClF3N3O2/c20-17-5-4-14(11-16(17)19(21,22)23)24-18(27)13-26-8-6-25(7-9-26)12-15-3-1-2-10-28-15/h4-5,11,15H,1-3,6-10,12-13H2,(H,24,27)/p+2/t15-/m1/s1. The Morgan fingerprint density at radius 3 is 2.54 bits per heavy atom. The number of nitrogens with one attached hydrogen (secondary N) is 3. The number of hydrogen-bond acceptors (Lipinski definition) is 2. The molecule has 0 spiro atoms. The molecular formula is C19H27ClF3N3O2+2. The highest BCUT2D eigenvalue weighted by Gasteiger charge is 2.33. The maximum atomic E-state index is 12.9.